The van der Waals surface area contributed by atoms with E-state index in [9.17, 15) is 0 Å². The van der Waals surface area contributed by atoms with E-state index in [4.69, 9.17) is 4.52 Å². The van der Waals surface area contributed by atoms with Gasteiger partial charge in [0.1, 0.15) is 5.76 Å². The van der Waals surface area contributed by atoms with Gasteiger partial charge in [0.15, 0.2) is 0 Å². The molecule has 3 heteroatoms. The topological polar surface area (TPSA) is 38.1 Å². The number of rotatable bonds is 4. The van der Waals surface area contributed by atoms with E-state index in [1.165, 1.54) is 32.1 Å². The molecule has 0 bridgehead atoms. The highest BCUT2D eigenvalue weighted by molar-refractivity contribution is 4.91. The van der Waals surface area contributed by atoms with Crippen molar-refractivity contribution in [3.05, 3.63) is 18.0 Å². The molecule has 14 heavy (non-hydrogen) atoms. The molecule has 0 unspecified atom stereocenters. The summed E-state index contributed by atoms with van der Waals surface area (Å²) in [6.07, 6.45) is 8.73. The summed E-state index contributed by atoms with van der Waals surface area (Å²) in [5, 5.41) is 7.10. The van der Waals surface area contributed by atoms with Gasteiger partial charge in [0.05, 0.1) is 12.7 Å². The molecule has 1 aromatic heterocycles. The third-order valence-corrected chi connectivity index (χ3v) is 2.95. The molecule has 78 valence electrons. The first-order chi connectivity index (χ1) is 6.95. The van der Waals surface area contributed by atoms with Gasteiger partial charge in [-0.1, -0.05) is 24.4 Å². The largest absolute Gasteiger partial charge is 0.360 e. The minimum absolute atomic E-state index is 0.816. The van der Waals surface area contributed by atoms with Crippen molar-refractivity contribution in [3.63, 3.8) is 0 Å². The standard InChI is InChI=1S/C11H18N2O/c1-2-4-10(5-3-1)8-12-9-11-6-7-13-14-11/h6-7,10,12H,1-5,8-9H2. The van der Waals surface area contributed by atoms with Gasteiger partial charge in [-0.2, -0.15) is 0 Å². The second-order valence-corrected chi connectivity index (χ2v) is 4.11. The van der Waals surface area contributed by atoms with Crippen molar-refractivity contribution in [2.24, 2.45) is 5.92 Å². The molecule has 0 radical (unpaired) electrons. The first-order valence-corrected chi connectivity index (χ1v) is 5.55. The third-order valence-electron chi connectivity index (χ3n) is 2.95. The van der Waals surface area contributed by atoms with Crippen LogP contribution in [-0.4, -0.2) is 11.7 Å². The van der Waals surface area contributed by atoms with Crippen LogP contribution in [0.2, 0.25) is 0 Å². The van der Waals surface area contributed by atoms with Crippen molar-refractivity contribution >= 4 is 0 Å². The van der Waals surface area contributed by atoms with Gasteiger partial charge in [-0.05, 0) is 25.3 Å². The van der Waals surface area contributed by atoms with E-state index in [1.807, 2.05) is 6.07 Å². The van der Waals surface area contributed by atoms with Crippen LogP contribution in [0.5, 0.6) is 0 Å². The molecule has 0 spiro atoms. The molecule has 0 saturated heterocycles. The van der Waals surface area contributed by atoms with Gasteiger partial charge in [0, 0.05) is 6.07 Å². The minimum Gasteiger partial charge on any atom is -0.360 e. The van der Waals surface area contributed by atoms with E-state index in [-0.39, 0.29) is 0 Å². The van der Waals surface area contributed by atoms with E-state index < -0.39 is 0 Å². The lowest BCUT2D eigenvalue weighted by atomic mass is 9.89. The zero-order valence-corrected chi connectivity index (χ0v) is 8.54. The molecule has 1 aliphatic carbocycles. The highest BCUT2D eigenvalue weighted by Crippen LogP contribution is 2.22. The third kappa shape index (κ3) is 2.84. The van der Waals surface area contributed by atoms with Crippen molar-refractivity contribution in [3.8, 4) is 0 Å². The normalized spacial score (nSPS) is 18.6. The fourth-order valence-electron chi connectivity index (χ4n) is 2.12. The Balaban J connectivity index is 1.62. The lowest BCUT2D eigenvalue weighted by molar-refractivity contribution is 0.326. The van der Waals surface area contributed by atoms with Crippen LogP contribution in [-0.2, 0) is 6.54 Å². The highest BCUT2D eigenvalue weighted by Gasteiger charge is 2.12. The number of nitrogens with zero attached hydrogens (tertiary/aromatic N) is 1. The maximum atomic E-state index is 5.01. The van der Waals surface area contributed by atoms with Gasteiger partial charge in [-0.3, -0.25) is 0 Å². The molecule has 1 N–H and O–H groups in total. The van der Waals surface area contributed by atoms with E-state index >= 15 is 0 Å². The Kier molecular flexibility index (Phi) is 3.57. The molecule has 1 aliphatic rings. The first kappa shape index (κ1) is 9.71. The number of hydrogen-bond acceptors (Lipinski definition) is 3. The average molecular weight is 194 g/mol. The summed E-state index contributed by atoms with van der Waals surface area (Å²) in [6, 6.07) is 1.91. The summed E-state index contributed by atoms with van der Waals surface area (Å²) in [4.78, 5) is 0. The van der Waals surface area contributed by atoms with Crippen LogP contribution in [0, 0.1) is 5.92 Å². The van der Waals surface area contributed by atoms with E-state index in [2.05, 4.69) is 10.5 Å². The quantitative estimate of drug-likeness (QED) is 0.799. The molecule has 2 rings (SSSR count). The molecule has 0 aliphatic heterocycles. The lowest BCUT2D eigenvalue weighted by Gasteiger charge is -2.21. The van der Waals surface area contributed by atoms with Gasteiger partial charge in [-0.15, -0.1) is 0 Å². The summed E-state index contributed by atoms with van der Waals surface area (Å²) in [7, 11) is 0. The Hall–Kier alpha value is -0.830. The molecule has 1 heterocycles. The maximum Gasteiger partial charge on any atom is 0.150 e. The average Bonchev–Trinajstić information content (AvgIpc) is 2.72. The fourth-order valence-corrected chi connectivity index (χ4v) is 2.12. The van der Waals surface area contributed by atoms with E-state index in [0.29, 0.717) is 0 Å². The predicted octanol–water partition coefficient (Wildman–Crippen LogP) is 2.34. The summed E-state index contributed by atoms with van der Waals surface area (Å²) in [5.41, 5.74) is 0. The zero-order valence-electron chi connectivity index (χ0n) is 8.54. The predicted molar refractivity (Wildman–Crippen MR) is 54.8 cm³/mol. The van der Waals surface area contributed by atoms with Gasteiger partial charge in [0.2, 0.25) is 0 Å². The molecule has 1 aromatic rings. The molecule has 0 aromatic carbocycles. The smallest absolute Gasteiger partial charge is 0.150 e. The van der Waals surface area contributed by atoms with Crippen LogP contribution in [0.4, 0.5) is 0 Å². The van der Waals surface area contributed by atoms with Gasteiger partial charge >= 0.3 is 0 Å². The fraction of sp³-hybridized carbons (Fsp3) is 0.727. The summed E-state index contributed by atoms with van der Waals surface area (Å²) in [5.74, 6) is 1.81. The molecule has 1 saturated carbocycles. The Labute approximate surface area is 84.9 Å². The Bertz CT molecular complexity index is 240. The van der Waals surface area contributed by atoms with Gasteiger partial charge in [0.25, 0.3) is 0 Å². The molecule has 1 fully saturated rings. The Morgan fingerprint density at radius 3 is 2.93 bits per heavy atom. The van der Waals surface area contributed by atoms with Crippen LogP contribution in [0.1, 0.15) is 37.9 Å². The van der Waals surface area contributed by atoms with Crippen molar-refractivity contribution in [2.45, 2.75) is 38.6 Å². The number of aromatic nitrogens is 1. The summed E-state index contributed by atoms with van der Waals surface area (Å²) < 4.78 is 5.01. The Morgan fingerprint density at radius 1 is 1.36 bits per heavy atom. The van der Waals surface area contributed by atoms with Crippen LogP contribution < -0.4 is 5.32 Å². The molecule has 0 amide bonds. The van der Waals surface area contributed by atoms with Crippen LogP contribution in [0.15, 0.2) is 16.8 Å². The number of nitrogens with one attached hydrogen (secondary N) is 1. The lowest BCUT2D eigenvalue weighted by Crippen LogP contribution is -2.23. The van der Waals surface area contributed by atoms with Crippen molar-refractivity contribution in [1.82, 2.24) is 10.5 Å². The van der Waals surface area contributed by atoms with Crippen molar-refractivity contribution < 1.29 is 4.52 Å². The van der Waals surface area contributed by atoms with E-state index in [1.54, 1.807) is 6.20 Å². The van der Waals surface area contributed by atoms with Crippen LogP contribution in [0.3, 0.4) is 0 Å². The number of hydrogen-bond donors (Lipinski definition) is 1. The Morgan fingerprint density at radius 2 is 2.21 bits per heavy atom. The first-order valence-electron chi connectivity index (χ1n) is 5.55. The summed E-state index contributed by atoms with van der Waals surface area (Å²) in [6.45, 7) is 1.94. The highest BCUT2D eigenvalue weighted by atomic mass is 16.5. The molecular weight excluding hydrogens is 176 g/mol. The second kappa shape index (κ2) is 5.15. The monoisotopic (exact) mass is 194 g/mol. The van der Waals surface area contributed by atoms with Crippen molar-refractivity contribution in [1.29, 1.82) is 0 Å². The summed E-state index contributed by atoms with van der Waals surface area (Å²) >= 11 is 0. The second-order valence-electron chi connectivity index (χ2n) is 4.11. The maximum absolute atomic E-state index is 5.01. The van der Waals surface area contributed by atoms with E-state index in [0.717, 1.165) is 24.8 Å². The van der Waals surface area contributed by atoms with Gasteiger partial charge < -0.3 is 9.84 Å². The SMILES string of the molecule is c1cc(CNCC2CCCCC2)on1. The minimum atomic E-state index is 0.816. The molecular formula is C11H18N2O. The van der Waals surface area contributed by atoms with Crippen LogP contribution >= 0.6 is 0 Å². The molecule has 3 nitrogen and oxygen atoms in total. The van der Waals surface area contributed by atoms with Crippen LogP contribution in [0.25, 0.3) is 0 Å². The molecule has 0 atom stereocenters. The van der Waals surface area contributed by atoms with Gasteiger partial charge in [-0.25, -0.2) is 0 Å². The van der Waals surface area contributed by atoms with Crippen molar-refractivity contribution in [2.75, 3.05) is 6.54 Å². The zero-order chi connectivity index (χ0) is 9.64.